The summed E-state index contributed by atoms with van der Waals surface area (Å²) in [6, 6.07) is 0. The van der Waals surface area contributed by atoms with Gasteiger partial charge in [-0.1, -0.05) is 99.5 Å². The van der Waals surface area contributed by atoms with Gasteiger partial charge in [0.15, 0.2) is 6.29 Å². The van der Waals surface area contributed by atoms with Crippen molar-refractivity contribution in [2.75, 3.05) is 13.2 Å². The van der Waals surface area contributed by atoms with Gasteiger partial charge in [-0.15, -0.1) is 0 Å². The van der Waals surface area contributed by atoms with Crippen molar-refractivity contribution in [1.82, 2.24) is 0 Å². The van der Waals surface area contributed by atoms with E-state index in [9.17, 15) is 46.0 Å². The molecule has 9 aliphatic rings. The van der Waals surface area contributed by atoms with Crippen LogP contribution in [0.2, 0.25) is 0 Å². The first kappa shape index (κ1) is 62.2. The Labute approximate surface area is 475 Å². The van der Waals surface area contributed by atoms with Crippen LogP contribution in [0.25, 0.3) is 0 Å². The summed E-state index contributed by atoms with van der Waals surface area (Å²) < 4.78 is 19.2. The van der Waals surface area contributed by atoms with Crippen molar-refractivity contribution in [1.29, 1.82) is 0 Å². The molecule has 13 heteroatoms. The Bertz CT molecular complexity index is 2310. The smallest absolute Gasteiger partial charge is 0.187 e. The molecule has 13 nitrogen and oxygen atoms in total. The second-order valence-corrected chi connectivity index (χ2v) is 31.7. The molecule has 0 spiro atoms. The van der Waals surface area contributed by atoms with E-state index < -0.39 is 89.2 Å². The van der Waals surface area contributed by atoms with Gasteiger partial charge in [0.25, 0.3) is 0 Å². The van der Waals surface area contributed by atoms with Crippen molar-refractivity contribution in [3.05, 3.63) is 23.3 Å². The van der Waals surface area contributed by atoms with Gasteiger partial charge in [0.05, 0.1) is 54.9 Å². The van der Waals surface area contributed by atoms with Gasteiger partial charge in [-0.3, -0.25) is 4.79 Å². The molecule has 25 atom stereocenters. The SMILES string of the molecule is C[C@H](CC[C@@H](O)C(C)(C)O)C1CC[C@@]2(C)C3CC=C4C(CC[C@H](O)C4(C)COC(C)(C)[C@H](O)CC[C@@H](C)C4CC[C@@]5(C)C6CC=C7C(CC[C@H](O[C@@H]8O[C@H](CO)[C@@H](O)[C@H](O)[C@H]8O)C7(C)C)[C@]6(C)[C@H](O)C[C@]45C)[C@]3(C)C(=O)C[C@]12C. The second kappa shape index (κ2) is 21.0. The Hall–Kier alpha value is -1.33. The Morgan fingerprint density at radius 2 is 1.22 bits per heavy atom. The summed E-state index contributed by atoms with van der Waals surface area (Å²) in [5.74, 6) is 2.19. The molecular weight excluding hydrogens is 1000 g/mol. The zero-order chi connectivity index (χ0) is 58.4. The number of carbonyl (C=O) groups is 1. The number of Topliss-reactive ketones (excluding diaryl/α,β-unsaturated/α-hetero) is 1. The van der Waals surface area contributed by atoms with E-state index in [0.717, 1.165) is 69.8 Å². The first-order valence-electron chi connectivity index (χ1n) is 31.5. The molecule has 0 bridgehead atoms. The number of aliphatic hydroxyl groups excluding tert-OH is 8. The lowest BCUT2D eigenvalue weighted by molar-refractivity contribution is -0.320. The van der Waals surface area contributed by atoms with Gasteiger partial charge < -0.3 is 60.2 Å². The fourth-order valence-corrected chi connectivity index (χ4v) is 21.0. The Kier molecular flexibility index (Phi) is 16.5. The van der Waals surface area contributed by atoms with E-state index in [1.54, 1.807) is 13.8 Å². The van der Waals surface area contributed by atoms with Crippen molar-refractivity contribution < 1.29 is 65.0 Å². The summed E-state index contributed by atoms with van der Waals surface area (Å²) in [6.07, 6.45) is 7.66. The predicted octanol–water partition coefficient (Wildman–Crippen LogP) is 8.99. The van der Waals surface area contributed by atoms with Crippen molar-refractivity contribution in [3.63, 3.8) is 0 Å². The molecule has 9 N–H and O–H groups in total. The molecule has 1 saturated heterocycles. The molecule has 9 rings (SSSR count). The number of allylic oxidation sites excluding steroid dienone is 2. The number of rotatable bonds is 16. The third-order valence-electron chi connectivity index (χ3n) is 27.1. The summed E-state index contributed by atoms with van der Waals surface area (Å²) in [6.45, 7) is 32.4. The van der Waals surface area contributed by atoms with Crippen molar-refractivity contribution >= 4 is 5.78 Å². The van der Waals surface area contributed by atoms with Crippen LogP contribution in [0.3, 0.4) is 0 Å². The van der Waals surface area contributed by atoms with Crippen LogP contribution in [0.4, 0.5) is 0 Å². The molecule has 8 aliphatic carbocycles. The summed E-state index contributed by atoms with van der Waals surface area (Å²) >= 11 is 0. The maximum atomic E-state index is 15.1. The van der Waals surface area contributed by atoms with E-state index >= 15 is 4.79 Å². The largest absolute Gasteiger partial charge is 0.394 e. The van der Waals surface area contributed by atoms with Gasteiger partial charge in [0.2, 0.25) is 0 Å². The van der Waals surface area contributed by atoms with Crippen molar-refractivity contribution in [2.45, 2.75) is 279 Å². The first-order valence-corrected chi connectivity index (χ1v) is 31.5. The molecule has 0 radical (unpaired) electrons. The van der Waals surface area contributed by atoms with Crippen molar-refractivity contribution in [2.24, 2.45) is 90.7 Å². The minimum Gasteiger partial charge on any atom is -0.394 e. The highest BCUT2D eigenvalue weighted by Gasteiger charge is 2.72. The highest BCUT2D eigenvalue weighted by Crippen LogP contribution is 2.76. The molecule has 1 aliphatic heterocycles. The minimum atomic E-state index is -1.51. The number of ether oxygens (including phenoxy) is 3. The van der Waals surface area contributed by atoms with E-state index in [1.165, 1.54) is 5.57 Å². The van der Waals surface area contributed by atoms with Gasteiger partial charge in [0, 0.05) is 28.1 Å². The number of ketones is 1. The van der Waals surface area contributed by atoms with Gasteiger partial charge in [-0.05, 0) is 193 Å². The molecule has 7 fully saturated rings. The van der Waals surface area contributed by atoms with E-state index in [4.69, 9.17) is 14.2 Å². The normalized spacial score (nSPS) is 49.2. The average molecular weight is 1110 g/mol. The molecule has 0 aromatic rings. The fraction of sp³-hybridized carbons (Fsp3) is 0.924. The molecule has 6 saturated carbocycles. The standard InChI is InChI=1S/C66H110O13/c1-36(16-24-47(68)58(5,6)76)38-28-31-62(11)46-23-19-41-43(66(46,15)51(72)33-64(38,62)13)20-26-49(70)60(41,9)35-77-59(7,8)48(69)25-17-37(2)39-29-30-61(10)45-22-18-40-42(65(45,14)50(71)32-63(39,61)12)21-27-52(57(40,3)4)79-56-55(75)54(74)53(73)44(34-67)78-56/h18-19,36-39,42-50,52-56,67-71,73-76H,16-17,20-35H2,1-15H3/t36-,37-,38?,39?,42?,43?,44-,45?,46?,47-,48-,49+,50-,52+,53-,54+,55-,56+,60?,61+,62+,63-,64-,65+,66+/m1/s1. The minimum absolute atomic E-state index is 0.000314. The quantitative estimate of drug-likeness (QED) is 0.0659. The molecule has 0 amide bonds. The fourth-order valence-electron chi connectivity index (χ4n) is 21.0. The van der Waals surface area contributed by atoms with E-state index in [1.807, 2.05) is 13.8 Å². The maximum Gasteiger partial charge on any atom is 0.187 e. The third-order valence-corrected chi connectivity index (χ3v) is 27.1. The van der Waals surface area contributed by atoms with Gasteiger partial charge >= 0.3 is 0 Å². The van der Waals surface area contributed by atoms with E-state index in [0.29, 0.717) is 68.0 Å². The van der Waals surface area contributed by atoms with Crippen LogP contribution in [0.5, 0.6) is 0 Å². The van der Waals surface area contributed by atoms with Crippen molar-refractivity contribution in [3.8, 4) is 0 Å². The number of hydrogen-bond acceptors (Lipinski definition) is 13. The second-order valence-electron chi connectivity index (χ2n) is 31.7. The number of hydrogen-bond donors (Lipinski definition) is 9. The number of aliphatic hydroxyl groups is 9. The molecule has 0 aromatic carbocycles. The van der Waals surface area contributed by atoms with Gasteiger partial charge in [-0.25, -0.2) is 0 Å². The summed E-state index contributed by atoms with van der Waals surface area (Å²) in [7, 11) is 0. The Morgan fingerprint density at radius 3 is 1.82 bits per heavy atom. The van der Waals surface area contributed by atoms with Crippen LogP contribution in [-0.2, 0) is 19.0 Å². The summed E-state index contributed by atoms with van der Waals surface area (Å²) in [4.78, 5) is 15.1. The van der Waals surface area contributed by atoms with Crippen LogP contribution in [-0.4, -0.2) is 137 Å². The lowest BCUT2D eigenvalue weighted by atomic mass is 9.38. The topological polar surface area (TPSA) is 227 Å². The highest BCUT2D eigenvalue weighted by atomic mass is 16.7. The average Bonchev–Trinajstić information content (AvgIpc) is 2.45. The van der Waals surface area contributed by atoms with E-state index in [-0.39, 0.29) is 63.5 Å². The predicted molar refractivity (Wildman–Crippen MR) is 304 cm³/mol. The van der Waals surface area contributed by atoms with Crippen LogP contribution in [0.15, 0.2) is 23.3 Å². The molecule has 452 valence electrons. The number of fused-ring (bicyclic) bond motifs is 10. The third kappa shape index (κ3) is 9.36. The maximum absolute atomic E-state index is 15.1. The van der Waals surface area contributed by atoms with Crippen LogP contribution < -0.4 is 0 Å². The monoisotopic (exact) mass is 1110 g/mol. The first-order chi connectivity index (χ1) is 36.5. The molecule has 1 heterocycles. The molecule has 79 heavy (non-hydrogen) atoms. The number of carbonyl (C=O) groups excluding carboxylic acids is 1. The molecule has 7 unspecified atom stereocenters. The summed E-state index contributed by atoms with van der Waals surface area (Å²) in [5.41, 5.74) is -2.16. The van der Waals surface area contributed by atoms with Crippen LogP contribution in [0.1, 0.15) is 207 Å². The Morgan fingerprint density at radius 1 is 0.658 bits per heavy atom. The molecule has 0 aromatic heterocycles. The van der Waals surface area contributed by atoms with E-state index in [2.05, 4.69) is 88.3 Å². The van der Waals surface area contributed by atoms with Gasteiger partial charge in [-0.2, -0.15) is 0 Å². The van der Waals surface area contributed by atoms with Crippen LogP contribution >= 0.6 is 0 Å². The zero-order valence-corrected chi connectivity index (χ0v) is 51.4. The zero-order valence-electron chi connectivity index (χ0n) is 51.4. The lowest BCUT2D eigenvalue weighted by Crippen LogP contribution is -2.65. The van der Waals surface area contributed by atoms with Crippen LogP contribution in [0, 0.1) is 90.7 Å². The molecular formula is C66H110O13. The van der Waals surface area contributed by atoms with Gasteiger partial charge in [0.1, 0.15) is 30.2 Å². The Balaban J connectivity index is 0.843. The highest BCUT2D eigenvalue weighted by molar-refractivity contribution is 5.88. The lowest BCUT2D eigenvalue weighted by Gasteiger charge is -2.67. The summed E-state index contributed by atoms with van der Waals surface area (Å²) in [5, 5.41) is 99.6.